The summed E-state index contributed by atoms with van der Waals surface area (Å²) < 4.78 is 0. The van der Waals surface area contributed by atoms with Gasteiger partial charge in [-0.3, -0.25) is 0 Å². The van der Waals surface area contributed by atoms with Crippen LogP contribution in [0.4, 0.5) is 0 Å². The molecule has 0 aliphatic heterocycles. The van der Waals surface area contributed by atoms with E-state index >= 15 is 0 Å². The topological polar surface area (TPSA) is 52.4 Å². The average molecular weight is 130 g/mol. The Kier molecular flexibility index (Phi) is 2.42. The van der Waals surface area contributed by atoms with Crippen LogP contribution in [0.15, 0.2) is 0 Å². The highest BCUT2D eigenvalue weighted by atomic mass is 16.9. The number of nitrogens with zero attached hydrogens (tertiary/aromatic N) is 1. The van der Waals surface area contributed by atoms with E-state index in [0.29, 0.717) is 0 Å². The lowest BCUT2D eigenvalue weighted by Crippen LogP contribution is -2.18. The van der Waals surface area contributed by atoms with Gasteiger partial charge in [-0.2, -0.15) is 0 Å². The van der Waals surface area contributed by atoms with Crippen LogP contribution in [-0.4, -0.2) is 11.7 Å². The number of rotatable bonds is 3. The van der Waals surface area contributed by atoms with Crippen molar-refractivity contribution in [3.05, 3.63) is 30.9 Å². The van der Waals surface area contributed by atoms with Crippen LogP contribution in [-0.2, 0) is 4.84 Å². The summed E-state index contributed by atoms with van der Waals surface area (Å²) in [6, 6.07) is 0. The van der Waals surface area contributed by atoms with Crippen LogP contribution in [0.5, 0.6) is 0 Å². The highest BCUT2D eigenvalue weighted by molar-refractivity contribution is 4.85. The Morgan fingerprint density at radius 2 is 2.00 bits per heavy atom. The lowest BCUT2D eigenvalue weighted by atomic mass is 9.99. The maximum absolute atomic E-state index is 9.55. The fourth-order valence-electron chi connectivity index (χ4n) is 0.190. The lowest BCUT2D eigenvalue weighted by molar-refractivity contribution is -0.759. The highest BCUT2D eigenvalue weighted by Crippen LogP contribution is 2.10. The molecular weight excluding hydrogens is 122 g/mol. The molecule has 4 nitrogen and oxygen atoms in total. The standard InChI is InChI=1S/C5H8NO3/c1-5(2,3)4-9-6(7)8/h1-4H2. The minimum atomic E-state index is -0.893. The SMILES string of the molecule is [CH2]C([CH2])([CH2])CO[N+](=O)[O-]. The summed E-state index contributed by atoms with van der Waals surface area (Å²) >= 11 is 0. The van der Waals surface area contributed by atoms with E-state index in [1.54, 1.807) is 0 Å². The molecule has 0 N–H and O–H groups in total. The molecule has 9 heavy (non-hydrogen) atoms. The van der Waals surface area contributed by atoms with E-state index in [2.05, 4.69) is 25.6 Å². The van der Waals surface area contributed by atoms with Gasteiger partial charge in [0.05, 0.1) is 0 Å². The number of hydrogen-bond donors (Lipinski definition) is 0. The van der Waals surface area contributed by atoms with Crippen LogP contribution in [0.1, 0.15) is 0 Å². The van der Waals surface area contributed by atoms with E-state index in [9.17, 15) is 10.1 Å². The maximum atomic E-state index is 9.55. The van der Waals surface area contributed by atoms with E-state index in [-0.39, 0.29) is 6.61 Å². The molecule has 0 aliphatic rings. The first-order valence-electron chi connectivity index (χ1n) is 2.25. The van der Waals surface area contributed by atoms with Crippen molar-refractivity contribution < 1.29 is 9.92 Å². The van der Waals surface area contributed by atoms with Crippen LogP contribution < -0.4 is 0 Å². The third-order valence-electron chi connectivity index (χ3n) is 0.476. The summed E-state index contributed by atoms with van der Waals surface area (Å²) in [4.78, 5) is 13.5. The van der Waals surface area contributed by atoms with Crippen molar-refractivity contribution in [3.63, 3.8) is 0 Å². The van der Waals surface area contributed by atoms with Gasteiger partial charge in [-0.25, -0.2) is 0 Å². The normalized spacial score (nSPS) is 11.0. The van der Waals surface area contributed by atoms with Crippen LogP contribution in [0, 0.1) is 36.3 Å². The summed E-state index contributed by atoms with van der Waals surface area (Å²) in [6.07, 6.45) is 0. The number of hydrogen-bond acceptors (Lipinski definition) is 3. The summed E-state index contributed by atoms with van der Waals surface area (Å²) in [5.41, 5.74) is -0.882. The molecule has 0 unspecified atom stereocenters. The third-order valence-corrected chi connectivity index (χ3v) is 0.476. The predicted octanol–water partition coefficient (Wildman–Crippen LogP) is 0.683. The zero-order valence-corrected chi connectivity index (χ0v) is 5.00. The van der Waals surface area contributed by atoms with Gasteiger partial charge in [0.15, 0.2) is 0 Å². The molecule has 0 spiro atoms. The van der Waals surface area contributed by atoms with Crippen molar-refractivity contribution in [2.45, 2.75) is 0 Å². The van der Waals surface area contributed by atoms with Crippen LogP contribution in [0.3, 0.4) is 0 Å². The summed E-state index contributed by atoms with van der Waals surface area (Å²) in [6.45, 7) is 9.99. The first kappa shape index (κ1) is 8.20. The van der Waals surface area contributed by atoms with Crippen molar-refractivity contribution >= 4 is 0 Å². The fraction of sp³-hybridized carbons (Fsp3) is 0.400. The minimum absolute atomic E-state index is 0.181. The molecule has 0 aromatic heterocycles. The Morgan fingerprint density at radius 3 is 2.11 bits per heavy atom. The maximum Gasteiger partial charge on any atom is 0.294 e. The van der Waals surface area contributed by atoms with Gasteiger partial charge >= 0.3 is 0 Å². The second-order valence-electron chi connectivity index (χ2n) is 2.00. The molecule has 0 aromatic carbocycles. The Bertz CT molecular complexity index is 105. The molecule has 0 rings (SSSR count). The molecule has 51 valence electrons. The minimum Gasteiger partial charge on any atom is -0.313 e. The van der Waals surface area contributed by atoms with E-state index in [4.69, 9.17) is 0 Å². The van der Waals surface area contributed by atoms with Gasteiger partial charge in [-0.05, 0) is 26.2 Å². The van der Waals surface area contributed by atoms with Crippen LogP contribution in [0.25, 0.3) is 0 Å². The summed E-state index contributed by atoms with van der Waals surface area (Å²) in [7, 11) is 0. The molecule has 0 aromatic rings. The molecule has 3 radical (unpaired) electrons. The largest absolute Gasteiger partial charge is 0.313 e. The van der Waals surface area contributed by atoms with Crippen molar-refractivity contribution in [3.8, 4) is 0 Å². The molecule has 0 amide bonds. The monoisotopic (exact) mass is 130 g/mol. The third kappa shape index (κ3) is 7.20. The smallest absolute Gasteiger partial charge is 0.294 e. The van der Waals surface area contributed by atoms with Gasteiger partial charge in [0.1, 0.15) is 6.61 Å². The second-order valence-corrected chi connectivity index (χ2v) is 2.00. The molecular formula is C5H8NO3. The predicted molar refractivity (Wildman–Crippen MR) is 31.5 cm³/mol. The lowest BCUT2D eigenvalue weighted by Gasteiger charge is -2.14. The quantitative estimate of drug-likeness (QED) is 0.417. The van der Waals surface area contributed by atoms with E-state index in [1.807, 2.05) is 0 Å². The van der Waals surface area contributed by atoms with Crippen LogP contribution in [0.2, 0.25) is 0 Å². The van der Waals surface area contributed by atoms with Crippen molar-refractivity contribution in [1.29, 1.82) is 0 Å². The molecule has 0 fully saturated rings. The van der Waals surface area contributed by atoms with E-state index in [0.717, 1.165) is 0 Å². The molecule has 4 heteroatoms. The van der Waals surface area contributed by atoms with Gasteiger partial charge in [-0.15, -0.1) is 10.1 Å². The first-order chi connectivity index (χ1) is 3.92. The molecule has 0 bridgehead atoms. The molecule has 0 saturated carbocycles. The Labute approximate surface area is 53.9 Å². The zero-order valence-electron chi connectivity index (χ0n) is 5.00. The van der Waals surface area contributed by atoms with Crippen molar-refractivity contribution in [2.75, 3.05) is 6.61 Å². The van der Waals surface area contributed by atoms with Crippen LogP contribution >= 0.6 is 0 Å². The Hall–Kier alpha value is -0.800. The molecule has 0 heterocycles. The van der Waals surface area contributed by atoms with Gasteiger partial charge in [0.2, 0.25) is 0 Å². The van der Waals surface area contributed by atoms with E-state index < -0.39 is 10.5 Å². The fourth-order valence-corrected chi connectivity index (χ4v) is 0.190. The molecule has 0 aliphatic carbocycles. The second kappa shape index (κ2) is 2.66. The first-order valence-corrected chi connectivity index (χ1v) is 2.25. The Morgan fingerprint density at radius 1 is 1.56 bits per heavy atom. The van der Waals surface area contributed by atoms with Gasteiger partial charge in [0, 0.05) is 0 Å². The Balaban J connectivity index is 3.39. The molecule has 0 saturated heterocycles. The average Bonchev–Trinajstić information content (AvgIpc) is 1.59. The van der Waals surface area contributed by atoms with Gasteiger partial charge in [0.25, 0.3) is 5.09 Å². The van der Waals surface area contributed by atoms with E-state index in [1.165, 1.54) is 0 Å². The van der Waals surface area contributed by atoms with Crippen molar-refractivity contribution in [1.82, 2.24) is 0 Å². The highest BCUT2D eigenvalue weighted by Gasteiger charge is 2.12. The van der Waals surface area contributed by atoms with Crippen molar-refractivity contribution in [2.24, 2.45) is 5.41 Å². The summed E-state index contributed by atoms with van der Waals surface area (Å²) in [5, 5.41) is 8.65. The zero-order chi connectivity index (χ0) is 7.49. The molecule has 0 atom stereocenters. The van der Waals surface area contributed by atoms with Gasteiger partial charge < -0.3 is 4.84 Å². The van der Waals surface area contributed by atoms with Gasteiger partial charge in [-0.1, -0.05) is 0 Å². The summed E-state index contributed by atoms with van der Waals surface area (Å²) in [5.74, 6) is 0.